The van der Waals surface area contributed by atoms with Gasteiger partial charge in [0.15, 0.2) is 0 Å². The lowest BCUT2D eigenvalue weighted by Gasteiger charge is -2.20. The van der Waals surface area contributed by atoms with E-state index in [1.807, 2.05) is 41.5 Å². The summed E-state index contributed by atoms with van der Waals surface area (Å²) < 4.78 is 21.3. The summed E-state index contributed by atoms with van der Waals surface area (Å²) in [4.78, 5) is 23.1. The van der Waals surface area contributed by atoms with Gasteiger partial charge >= 0.3 is 0 Å². The van der Waals surface area contributed by atoms with E-state index in [1.165, 1.54) is 0 Å². The van der Waals surface area contributed by atoms with Crippen molar-refractivity contribution in [3.63, 3.8) is 0 Å². The fraction of sp³-hybridized carbons (Fsp3) is 0.895. The molecule has 0 spiro atoms. The van der Waals surface area contributed by atoms with Crippen molar-refractivity contribution in [2.75, 3.05) is 59.4 Å². The van der Waals surface area contributed by atoms with E-state index < -0.39 is 0 Å². The van der Waals surface area contributed by atoms with Crippen LogP contribution in [0.5, 0.6) is 0 Å². The van der Waals surface area contributed by atoms with Crippen molar-refractivity contribution in [3.8, 4) is 0 Å². The molecule has 0 fully saturated rings. The molecule has 0 heterocycles. The number of nitrogens with one attached hydrogen (secondary N) is 2. The maximum Gasteiger partial charge on any atom is 0.246 e. The summed E-state index contributed by atoms with van der Waals surface area (Å²) in [6.07, 6.45) is 0. The van der Waals surface area contributed by atoms with E-state index in [4.69, 9.17) is 18.9 Å². The van der Waals surface area contributed by atoms with Crippen LogP contribution in [0, 0.1) is 5.41 Å². The van der Waals surface area contributed by atoms with E-state index in [0.717, 1.165) is 0 Å². The van der Waals surface area contributed by atoms with Gasteiger partial charge in [-0.3, -0.25) is 9.59 Å². The zero-order chi connectivity index (χ0) is 20.8. The van der Waals surface area contributed by atoms with Gasteiger partial charge in [-0.15, -0.1) is 0 Å². The summed E-state index contributed by atoms with van der Waals surface area (Å²) in [6, 6.07) is 0. The standard InChI is InChI=1S/C19H38N2O6/c1-18(2,3)17(23)20-7-8-24-9-10-25-11-12-26-13-14-27-15-16(22)21-19(4,5)6/h7-15H2,1-6H3,(H,20,23)(H,21,22). The van der Waals surface area contributed by atoms with Crippen molar-refractivity contribution < 1.29 is 28.5 Å². The van der Waals surface area contributed by atoms with E-state index in [0.29, 0.717) is 52.8 Å². The predicted molar refractivity (Wildman–Crippen MR) is 104 cm³/mol. The Morgan fingerprint density at radius 2 is 1.15 bits per heavy atom. The number of carbonyl (C=O) groups is 2. The maximum absolute atomic E-state index is 11.6. The third-order valence-corrected chi connectivity index (χ3v) is 3.08. The molecule has 0 aliphatic heterocycles. The van der Waals surface area contributed by atoms with Gasteiger partial charge in [0.2, 0.25) is 11.8 Å². The van der Waals surface area contributed by atoms with E-state index in [1.54, 1.807) is 0 Å². The fourth-order valence-corrected chi connectivity index (χ4v) is 1.78. The van der Waals surface area contributed by atoms with Gasteiger partial charge in [0.1, 0.15) is 6.61 Å². The molecule has 0 aliphatic rings. The fourth-order valence-electron chi connectivity index (χ4n) is 1.78. The molecule has 0 saturated heterocycles. The number of hydrogen-bond acceptors (Lipinski definition) is 6. The Kier molecular flexibility index (Phi) is 13.2. The number of rotatable bonds is 14. The number of carbonyl (C=O) groups excluding carboxylic acids is 2. The first-order chi connectivity index (χ1) is 12.5. The van der Waals surface area contributed by atoms with Crippen LogP contribution in [0.3, 0.4) is 0 Å². The highest BCUT2D eigenvalue weighted by Gasteiger charge is 2.20. The molecule has 0 aromatic heterocycles. The first kappa shape index (κ1) is 25.8. The Labute approximate surface area is 163 Å². The minimum absolute atomic E-state index is 0.0123. The molecule has 8 nitrogen and oxygen atoms in total. The van der Waals surface area contributed by atoms with Gasteiger partial charge in [-0.1, -0.05) is 20.8 Å². The Hall–Kier alpha value is -1.22. The van der Waals surface area contributed by atoms with Crippen LogP contribution in [-0.4, -0.2) is 76.8 Å². The number of hydrogen-bond donors (Lipinski definition) is 2. The van der Waals surface area contributed by atoms with Crippen molar-refractivity contribution in [2.45, 2.75) is 47.1 Å². The number of amides is 2. The lowest BCUT2D eigenvalue weighted by Crippen LogP contribution is -2.42. The highest BCUT2D eigenvalue weighted by molar-refractivity contribution is 5.81. The molecular formula is C19H38N2O6. The van der Waals surface area contributed by atoms with Crippen LogP contribution in [0.25, 0.3) is 0 Å². The van der Waals surface area contributed by atoms with Gasteiger partial charge in [-0.05, 0) is 20.8 Å². The van der Waals surface area contributed by atoms with Crippen LogP contribution in [-0.2, 0) is 28.5 Å². The third kappa shape index (κ3) is 17.9. The summed E-state index contributed by atoms with van der Waals surface area (Å²) >= 11 is 0. The Morgan fingerprint density at radius 3 is 1.59 bits per heavy atom. The van der Waals surface area contributed by atoms with Crippen molar-refractivity contribution >= 4 is 11.8 Å². The van der Waals surface area contributed by atoms with E-state index in [-0.39, 0.29) is 29.4 Å². The van der Waals surface area contributed by atoms with Gasteiger partial charge < -0.3 is 29.6 Å². The molecule has 0 saturated carbocycles. The largest absolute Gasteiger partial charge is 0.377 e. The van der Waals surface area contributed by atoms with Crippen LogP contribution in [0.4, 0.5) is 0 Å². The number of ether oxygens (including phenoxy) is 4. The van der Waals surface area contributed by atoms with Gasteiger partial charge in [0.25, 0.3) is 0 Å². The molecule has 0 aromatic rings. The first-order valence-electron chi connectivity index (χ1n) is 9.42. The summed E-state index contributed by atoms with van der Waals surface area (Å²) in [5, 5.41) is 5.63. The summed E-state index contributed by atoms with van der Waals surface area (Å²) in [5.41, 5.74) is -0.634. The van der Waals surface area contributed by atoms with E-state index in [2.05, 4.69) is 10.6 Å². The zero-order valence-electron chi connectivity index (χ0n) is 17.8. The molecule has 8 heteroatoms. The molecular weight excluding hydrogens is 352 g/mol. The first-order valence-corrected chi connectivity index (χ1v) is 9.42. The normalized spacial score (nSPS) is 12.1. The van der Waals surface area contributed by atoms with Crippen molar-refractivity contribution in [2.24, 2.45) is 5.41 Å². The molecule has 0 rings (SSSR count). The Morgan fingerprint density at radius 1 is 0.704 bits per heavy atom. The van der Waals surface area contributed by atoms with E-state index in [9.17, 15) is 9.59 Å². The molecule has 2 amide bonds. The summed E-state index contributed by atoms with van der Waals surface area (Å²) in [5.74, 6) is -0.123. The molecule has 27 heavy (non-hydrogen) atoms. The van der Waals surface area contributed by atoms with Crippen molar-refractivity contribution in [3.05, 3.63) is 0 Å². The van der Waals surface area contributed by atoms with Gasteiger partial charge in [0, 0.05) is 17.5 Å². The van der Waals surface area contributed by atoms with E-state index >= 15 is 0 Å². The van der Waals surface area contributed by atoms with Crippen LogP contribution in [0.1, 0.15) is 41.5 Å². The molecule has 2 N–H and O–H groups in total. The third-order valence-electron chi connectivity index (χ3n) is 3.08. The molecule has 0 bridgehead atoms. The lowest BCUT2D eigenvalue weighted by atomic mass is 9.96. The van der Waals surface area contributed by atoms with Crippen molar-refractivity contribution in [1.82, 2.24) is 10.6 Å². The molecule has 0 aliphatic carbocycles. The average Bonchev–Trinajstić information content (AvgIpc) is 2.52. The van der Waals surface area contributed by atoms with Crippen LogP contribution < -0.4 is 10.6 Å². The monoisotopic (exact) mass is 390 g/mol. The van der Waals surface area contributed by atoms with Crippen LogP contribution >= 0.6 is 0 Å². The molecule has 160 valence electrons. The maximum atomic E-state index is 11.6. The second kappa shape index (κ2) is 13.9. The molecule has 0 radical (unpaired) electrons. The Bertz CT molecular complexity index is 415. The zero-order valence-corrected chi connectivity index (χ0v) is 17.8. The van der Waals surface area contributed by atoms with Gasteiger partial charge in [-0.2, -0.15) is 0 Å². The smallest absolute Gasteiger partial charge is 0.246 e. The second-order valence-corrected chi connectivity index (χ2v) is 8.19. The molecule has 0 atom stereocenters. The van der Waals surface area contributed by atoms with Gasteiger partial charge in [0.05, 0.1) is 46.2 Å². The minimum Gasteiger partial charge on any atom is -0.377 e. The van der Waals surface area contributed by atoms with Crippen LogP contribution in [0.15, 0.2) is 0 Å². The van der Waals surface area contributed by atoms with Crippen LogP contribution in [0.2, 0.25) is 0 Å². The summed E-state index contributed by atoms with van der Waals surface area (Å²) in [7, 11) is 0. The quantitative estimate of drug-likeness (QED) is 0.432. The van der Waals surface area contributed by atoms with Gasteiger partial charge in [-0.25, -0.2) is 0 Å². The summed E-state index contributed by atoms with van der Waals surface area (Å²) in [6.45, 7) is 15.0. The molecule has 0 unspecified atom stereocenters. The average molecular weight is 391 g/mol. The lowest BCUT2D eigenvalue weighted by molar-refractivity contribution is -0.129. The second-order valence-electron chi connectivity index (χ2n) is 8.19. The van der Waals surface area contributed by atoms with Crippen molar-refractivity contribution in [1.29, 1.82) is 0 Å². The Balaban J connectivity index is 3.28. The highest BCUT2D eigenvalue weighted by Crippen LogP contribution is 2.11. The predicted octanol–water partition coefficient (Wildman–Crippen LogP) is 1.13. The topological polar surface area (TPSA) is 95.1 Å². The highest BCUT2D eigenvalue weighted by atomic mass is 16.6. The molecule has 0 aromatic carbocycles. The SMILES string of the molecule is CC(C)(C)NC(=O)COCCOCCOCCOCCNC(=O)C(C)(C)C. The minimum atomic E-state index is -0.382.